The normalized spacial score (nSPS) is 16.0. The van der Waals surface area contributed by atoms with Gasteiger partial charge in [0.25, 0.3) is 0 Å². The maximum absolute atomic E-state index is 11.1. The second kappa shape index (κ2) is 3.10. The summed E-state index contributed by atoms with van der Waals surface area (Å²) < 4.78 is 3.03. The molecule has 0 bridgehead atoms. The van der Waals surface area contributed by atoms with E-state index in [1.54, 1.807) is 17.4 Å². The number of aromatic nitrogens is 1. The molecule has 1 aliphatic rings. The van der Waals surface area contributed by atoms with Crippen molar-refractivity contribution in [2.75, 3.05) is 0 Å². The first kappa shape index (κ1) is 8.97. The summed E-state index contributed by atoms with van der Waals surface area (Å²) in [6.07, 6.45) is 2.48. The number of hydrogen-bond donors (Lipinski definition) is 1. The smallest absolute Gasteiger partial charge is 0.352 e. The van der Waals surface area contributed by atoms with Crippen LogP contribution in [-0.4, -0.2) is 15.6 Å². The molecule has 1 N–H and O–H groups in total. The van der Waals surface area contributed by atoms with Gasteiger partial charge < -0.3 is 9.67 Å². The van der Waals surface area contributed by atoms with Crippen molar-refractivity contribution in [2.24, 2.45) is 5.92 Å². The third kappa shape index (κ3) is 1.45. The molecular weight excluding hydrogens is 210 g/mol. The van der Waals surface area contributed by atoms with Gasteiger partial charge >= 0.3 is 5.97 Å². The lowest BCUT2D eigenvalue weighted by atomic mass is 10.4. The number of rotatable bonds is 3. The van der Waals surface area contributed by atoms with Crippen molar-refractivity contribution in [2.45, 2.75) is 19.4 Å². The molecule has 78 valence electrons. The van der Waals surface area contributed by atoms with Crippen LogP contribution in [-0.2, 0) is 6.54 Å². The van der Waals surface area contributed by atoms with Gasteiger partial charge in [0, 0.05) is 6.54 Å². The summed E-state index contributed by atoms with van der Waals surface area (Å²) in [4.78, 5) is 11.1. The predicted octanol–water partition coefficient (Wildman–Crippen LogP) is 2.81. The molecule has 3 rings (SSSR count). The average molecular weight is 221 g/mol. The Hall–Kier alpha value is -1.29. The molecule has 2 heterocycles. The van der Waals surface area contributed by atoms with Crippen LogP contribution in [0.5, 0.6) is 0 Å². The molecule has 1 saturated carbocycles. The van der Waals surface area contributed by atoms with Crippen LogP contribution >= 0.6 is 11.3 Å². The summed E-state index contributed by atoms with van der Waals surface area (Å²) in [6, 6.07) is 3.79. The molecule has 0 saturated heterocycles. The van der Waals surface area contributed by atoms with E-state index in [1.807, 2.05) is 16.0 Å². The highest BCUT2D eigenvalue weighted by molar-refractivity contribution is 7.17. The molecule has 1 aliphatic carbocycles. The van der Waals surface area contributed by atoms with Crippen molar-refractivity contribution in [3.05, 3.63) is 23.2 Å². The zero-order valence-electron chi connectivity index (χ0n) is 8.14. The van der Waals surface area contributed by atoms with Gasteiger partial charge in [-0.2, -0.15) is 0 Å². The number of aromatic carboxylic acids is 1. The van der Waals surface area contributed by atoms with E-state index in [1.165, 1.54) is 12.8 Å². The molecule has 0 spiro atoms. The van der Waals surface area contributed by atoms with Crippen LogP contribution in [0.15, 0.2) is 17.5 Å². The fraction of sp³-hybridized carbons (Fsp3) is 0.364. The zero-order chi connectivity index (χ0) is 10.4. The predicted molar refractivity (Wildman–Crippen MR) is 59.5 cm³/mol. The summed E-state index contributed by atoms with van der Waals surface area (Å²) in [6.45, 7) is 0.863. The monoisotopic (exact) mass is 221 g/mol. The van der Waals surface area contributed by atoms with Gasteiger partial charge in [-0.25, -0.2) is 4.79 Å². The van der Waals surface area contributed by atoms with Crippen LogP contribution in [0.1, 0.15) is 23.3 Å². The Morgan fingerprint density at radius 1 is 1.60 bits per heavy atom. The van der Waals surface area contributed by atoms with Crippen LogP contribution in [0.25, 0.3) is 10.2 Å². The van der Waals surface area contributed by atoms with Crippen molar-refractivity contribution in [1.82, 2.24) is 4.57 Å². The van der Waals surface area contributed by atoms with E-state index in [0.29, 0.717) is 11.6 Å². The molecule has 2 aromatic heterocycles. The molecule has 0 atom stereocenters. The largest absolute Gasteiger partial charge is 0.477 e. The van der Waals surface area contributed by atoms with Gasteiger partial charge in [0.05, 0.1) is 10.2 Å². The first-order valence-corrected chi connectivity index (χ1v) is 5.93. The lowest BCUT2D eigenvalue weighted by molar-refractivity contribution is 0.0685. The van der Waals surface area contributed by atoms with Crippen LogP contribution in [0, 0.1) is 5.92 Å². The van der Waals surface area contributed by atoms with Gasteiger partial charge in [-0.1, -0.05) is 0 Å². The van der Waals surface area contributed by atoms with Crippen molar-refractivity contribution in [3.8, 4) is 0 Å². The van der Waals surface area contributed by atoms with Crippen molar-refractivity contribution < 1.29 is 9.90 Å². The highest BCUT2D eigenvalue weighted by atomic mass is 32.1. The summed E-state index contributed by atoms with van der Waals surface area (Å²) in [5.41, 5.74) is 1.51. The summed E-state index contributed by atoms with van der Waals surface area (Å²) in [7, 11) is 0. The molecule has 2 aromatic rings. The SMILES string of the molecule is O=C(O)c1cc2sccc2n1CC1CC1. The Morgan fingerprint density at radius 2 is 2.40 bits per heavy atom. The minimum absolute atomic E-state index is 0.434. The Labute approximate surface area is 90.9 Å². The molecule has 4 heteroatoms. The fourth-order valence-corrected chi connectivity index (χ4v) is 2.73. The van der Waals surface area contributed by atoms with Crippen molar-refractivity contribution in [3.63, 3.8) is 0 Å². The van der Waals surface area contributed by atoms with Gasteiger partial charge in [-0.05, 0) is 36.3 Å². The molecule has 0 unspecified atom stereocenters. The van der Waals surface area contributed by atoms with E-state index in [9.17, 15) is 4.79 Å². The Morgan fingerprint density at radius 3 is 3.07 bits per heavy atom. The van der Waals surface area contributed by atoms with E-state index < -0.39 is 5.97 Å². The summed E-state index contributed by atoms with van der Waals surface area (Å²) in [5, 5.41) is 11.1. The molecule has 1 fully saturated rings. The second-order valence-corrected chi connectivity index (χ2v) is 5.01. The number of thiophene rings is 1. The van der Waals surface area contributed by atoms with Crippen LogP contribution < -0.4 is 0 Å². The van der Waals surface area contributed by atoms with Crippen molar-refractivity contribution in [1.29, 1.82) is 0 Å². The second-order valence-electron chi connectivity index (χ2n) is 4.06. The number of carboxylic acids is 1. The molecule has 0 aromatic carbocycles. The topological polar surface area (TPSA) is 42.2 Å². The van der Waals surface area contributed by atoms with E-state index in [-0.39, 0.29) is 0 Å². The lowest BCUT2D eigenvalue weighted by Crippen LogP contribution is -2.09. The fourth-order valence-electron chi connectivity index (χ4n) is 1.91. The standard InChI is InChI=1S/C11H11NO2S/c13-11(14)9-5-10-8(3-4-15-10)12(9)6-7-1-2-7/h3-5,7H,1-2,6H2,(H,13,14). The molecule has 0 aliphatic heterocycles. The number of hydrogen-bond acceptors (Lipinski definition) is 2. The van der Waals surface area contributed by atoms with E-state index in [0.717, 1.165) is 16.8 Å². The molecule has 3 nitrogen and oxygen atoms in total. The van der Waals surface area contributed by atoms with Crippen LogP contribution in [0.3, 0.4) is 0 Å². The Kier molecular flexibility index (Phi) is 1.85. The third-order valence-electron chi connectivity index (χ3n) is 2.88. The minimum atomic E-state index is -0.820. The average Bonchev–Trinajstić information content (AvgIpc) is 2.76. The van der Waals surface area contributed by atoms with Gasteiger partial charge in [-0.3, -0.25) is 0 Å². The van der Waals surface area contributed by atoms with Gasteiger partial charge in [-0.15, -0.1) is 11.3 Å². The summed E-state index contributed by atoms with van der Waals surface area (Å²) >= 11 is 1.60. The Bertz CT molecular complexity index is 522. The Balaban J connectivity index is 2.14. The first-order chi connectivity index (χ1) is 7.25. The zero-order valence-corrected chi connectivity index (χ0v) is 8.96. The lowest BCUT2D eigenvalue weighted by Gasteiger charge is -2.05. The van der Waals surface area contributed by atoms with Crippen LogP contribution in [0.4, 0.5) is 0 Å². The highest BCUT2D eigenvalue weighted by Crippen LogP contribution is 2.34. The third-order valence-corrected chi connectivity index (χ3v) is 3.73. The van der Waals surface area contributed by atoms with Crippen molar-refractivity contribution >= 4 is 27.5 Å². The van der Waals surface area contributed by atoms with E-state index in [2.05, 4.69) is 0 Å². The minimum Gasteiger partial charge on any atom is -0.477 e. The highest BCUT2D eigenvalue weighted by Gasteiger charge is 2.25. The maximum Gasteiger partial charge on any atom is 0.352 e. The quantitative estimate of drug-likeness (QED) is 0.866. The molecular formula is C11H11NO2S. The summed E-state index contributed by atoms with van der Waals surface area (Å²) in [5.74, 6) is -0.127. The first-order valence-electron chi connectivity index (χ1n) is 5.06. The number of fused-ring (bicyclic) bond motifs is 1. The van der Waals surface area contributed by atoms with Gasteiger partial charge in [0.15, 0.2) is 0 Å². The number of carbonyl (C=O) groups is 1. The number of nitrogens with zero attached hydrogens (tertiary/aromatic N) is 1. The van der Waals surface area contributed by atoms with Crippen LogP contribution in [0.2, 0.25) is 0 Å². The molecule has 0 radical (unpaired) electrons. The number of carboxylic acid groups (broad SMARTS) is 1. The maximum atomic E-state index is 11.1. The van der Waals surface area contributed by atoms with E-state index in [4.69, 9.17) is 5.11 Å². The molecule has 15 heavy (non-hydrogen) atoms. The molecule has 0 amide bonds. The van der Waals surface area contributed by atoms with E-state index >= 15 is 0 Å². The van der Waals surface area contributed by atoms with Gasteiger partial charge in [0.1, 0.15) is 5.69 Å². The van der Waals surface area contributed by atoms with Gasteiger partial charge in [0.2, 0.25) is 0 Å².